The molecule has 0 amide bonds. The molecule has 4 aromatic heterocycles. The van der Waals surface area contributed by atoms with Crippen molar-refractivity contribution in [3.63, 3.8) is 0 Å². The third kappa shape index (κ3) is 4.27. The molecule has 2 N–H and O–H groups in total. The highest BCUT2D eigenvalue weighted by molar-refractivity contribution is 6.28. The van der Waals surface area contributed by atoms with Crippen LogP contribution in [0.2, 0.25) is 0 Å². The van der Waals surface area contributed by atoms with Crippen LogP contribution in [0.5, 0.6) is 0 Å². The molecule has 0 radical (unpaired) electrons. The van der Waals surface area contributed by atoms with Gasteiger partial charge >= 0.3 is 0 Å². The summed E-state index contributed by atoms with van der Waals surface area (Å²) in [5, 5.41) is 7.08. The SMILES string of the molecule is c1ccc2[nH]cnc2c1.c1ccc2[nH]cnc2c1.c1ccc2c(c1)cnc1c3ccccc3c3cccnc3c21. The Hall–Kier alpha value is -5.62. The number of aromatic nitrogens is 6. The molecule has 0 aliphatic rings. The summed E-state index contributed by atoms with van der Waals surface area (Å²) in [6.45, 7) is 0. The van der Waals surface area contributed by atoms with E-state index in [1.165, 1.54) is 21.5 Å². The van der Waals surface area contributed by atoms with Gasteiger partial charge in [0.25, 0.3) is 0 Å². The second kappa shape index (κ2) is 10.3. The van der Waals surface area contributed by atoms with Gasteiger partial charge in [0.2, 0.25) is 0 Å². The number of rotatable bonds is 0. The first kappa shape index (κ1) is 23.5. The summed E-state index contributed by atoms with van der Waals surface area (Å²) in [6, 6.07) is 36.8. The molecule has 9 rings (SSSR count). The fourth-order valence-electron chi connectivity index (χ4n) is 5.11. The molecule has 0 aliphatic carbocycles. The molecule has 0 bridgehead atoms. The van der Waals surface area contributed by atoms with Crippen molar-refractivity contribution in [3.8, 4) is 0 Å². The number of benzene rings is 5. The molecular weight excluding hydrogens is 492 g/mol. The fourth-order valence-corrected chi connectivity index (χ4v) is 5.11. The van der Waals surface area contributed by atoms with Crippen LogP contribution in [0.25, 0.3) is 65.4 Å². The van der Waals surface area contributed by atoms with Gasteiger partial charge in [0.05, 0.1) is 45.8 Å². The number of nitrogens with zero attached hydrogens (tertiary/aromatic N) is 4. The number of para-hydroxylation sites is 4. The molecule has 0 fully saturated rings. The zero-order valence-corrected chi connectivity index (χ0v) is 21.5. The summed E-state index contributed by atoms with van der Waals surface area (Å²) in [5.74, 6) is 0. The highest BCUT2D eigenvalue weighted by Crippen LogP contribution is 2.36. The Kier molecular flexibility index (Phi) is 6.03. The van der Waals surface area contributed by atoms with Gasteiger partial charge in [-0.05, 0) is 41.1 Å². The first-order valence-electron chi connectivity index (χ1n) is 13.1. The fraction of sp³-hybridized carbons (Fsp3) is 0. The van der Waals surface area contributed by atoms with Crippen LogP contribution in [-0.2, 0) is 0 Å². The van der Waals surface area contributed by atoms with Crippen LogP contribution >= 0.6 is 0 Å². The van der Waals surface area contributed by atoms with Crippen molar-refractivity contribution in [1.29, 1.82) is 0 Å². The number of nitrogens with one attached hydrogen (secondary N) is 2. The Balaban J connectivity index is 0.000000120. The predicted molar refractivity (Wildman–Crippen MR) is 164 cm³/mol. The Morgan fingerprint density at radius 1 is 0.425 bits per heavy atom. The van der Waals surface area contributed by atoms with Crippen molar-refractivity contribution in [1.82, 2.24) is 29.9 Å². The van der Waals surface area contributed by atoms with Crippen LogP contribution in [0, 0.1) is 0 Å². The molecule has 4 heterocycles. The van der Waals surface area contributed by atoms with Gasteiger partial charge in [-0.15, -0.1) is 0 Å². The van der Waals surface area contributed by atoms with Crippen LogP contribution in [0.15, 0.2) is 134 Å². The first-order chi connectivity index (χ1) is 19.9. The average molecular weight is 517 g/mol. The van der Waals surface area contributed by atoms with E-state index in [1.807, 2.05) is 73.1 Å². The van der Waals surface area contributed by atoms with Crippen molar-refractivity contribution in [2.45, 2.75) is 0 Å². The second-order valence-corrected chi connectivity index (χ2v) is 9.35. The van der Waals surface area contributed by atoms with E-state index in [2.05, 4.69) is 73.5 Å². The van der Waals surface area contributed by atoms with E-state index < -0.39 is 0 Å². The van der Waals surface area contributed by atoms with E-state index in [4.69, 9.17) is 4.98 Å². The monoisotopic (exact) mass is 516 g/mol. The molecule has 9 aromatic rings. The Bertz CT molecular complexity index is 2080. The van der Waals surface area contributed by atoms with Gasteiger partial charge in [0.15, 0.2) is 0 Å². The van der Waals surface area contributed by atoms with Crippen molar-refractivity contribution in [2.75, 3.05) is 0 Å². The van der Waals surface area contributed by atoms with Gasteiger partial charge in [0.1, 0.15) is 0 Å². The van der Waals surface area contributed by atoms with Gasteiger partial charge in [0, 0.05) is 33.9 Å². The number of pyridine rings is 2. The van der Waals surface area contributed by atoms with Crippen molar-refractivity contribution in [2.24, 2.45) is 0 Å². The minimum absolute atomic E-state index is 1.03. The van der Waals surface area contributed by atoms with Crippen molar-refractivity contribution < 1.29 is 0 Å². The van der Waals surface area contributed by atoms with Crippen molar-refractivity contribution in [3.05, 3.63) is 134 Å². The number of hydrogen-bond donors (Lipinski definition) is 2. The van der Waals surface area contributed by atoms with Gasteiger partial charge < -0.3 is 9.97 Å². The van der Waals surface area contributed by atoms with E-state index in [9.17, 15) is 0 Å². The third-order valence-electron chi connectivity index (χ3n) is 6.97. The summed E-state index contributed by atoms with van der Waals surface area (Å²) in [6.07, 6.45) is 7.21. The molecule has 0 saturated heterocycles. The number of fused-ring (bicyclic) bond motifs is 10. The Morgan fingerprint density at radius 2 is 0.950 bits per heavy atom. The predicted octanol–water partition coefficient (Wildman–Crippen LogP) is 8.22. The maximum atomic E-state index is 4.75. The summed E-state index contributed by atoms with van der Waals surface area (Å²) in [4.78, 5) is 23.6. The molecule has 5 aromatic carbocycles. The van der Waals surface area contributed by atoms with Crippen molar-refractivity contribution >= 4 is 65.4 Å². The molecule has 6 nitrogen and oxygen atoms in total. The van der Waals surface area contributed by atoms with Gasteiger partial charge in [-0.3, -0.25) is 9.97 Å². The highest BCUT2D eigenvalue weighted by Gasteiger charge is 2.12. The van der Waals surface area contributed by atoms with Crippen LogP contribution in [-0.4, -0.2) is 29.9 Å². The summed E-state index contributed by atoms with van der Waals surface area (Å²) < 4.78 is 0. The first-order valence-corrected chi connectivity index (χ1v) is 13.1. The average Bonchev–Trinajstić information content (AvgIpc) is 3.71. The molecule has 0 unspecified atom stereocenters. The normalized spacial score (nSPS) is 11.0. The molecule has 0 spiro atoms. The topological polar surface area (TPSA) is 83.1 Å². The van der Waals surface area contributed by atoms with Crippen LogP contribution < -0.4 is 0 Å². The minimum Gasteiger partial charge on any atom is -0.345 e. The second-order valence-electron chi connectivity index (χ2n) is 9.35. The largest absolute Gasteiger partial charge is 0.345 e. The molecule has 0 aliphatic heterocycles. The van der Waals surface area contributed by atoms with Gasteiger partial charge in [-0.1, -0.05) is 78.9 Å². The number of aromatic amines is 2. The Labute approximate surface area is 229 Å². The standard InChI is InChI=1S/C20H12N2.2C7H6N2/c1-2-7-14-13(6-1)12-22-20-16-9-4-3-8-15(16)17-10-5-11-21-19(17)18(14)20;2*1-2-4-7-6(3-1)8-5-9-7/h1-12H;2*1-5H,(H,8,9). The third-order valence-corrected chi connectivity index (χ3v) is 6.97. The molecule has 6 heteroatoms. The van der Waals surface area contributed by atoms with Crippen LogP contribution in [0.1, 0.15) is 0 Å². The lowest BCUT2D eigenvalue weighted by atomic mass is 9.97. The van der Waals surface area contributed by atoms with E-state index in [0.29, 0.717) is 0 Å². The van der Waals surface area contributed by atoms with Crippen LogP contribution in [0.3, 0.4) is 0 Å². The molecule has 0 saturated carbocycles. The highest BCUT2D eigenvalue weighted by atomic mass is 14.9. The lowest BCUT2D eigenvalue weighted by Gasteiger charge is -2.10. The van der Waals surface area contributed by atoms with Gasteiger partial charge in [-0.2, -0.15) is 0 Å². The molecular formula is C34H24N6. The van der Waals surface area contributed by atoms with Gasteiger partial charge in [-0.25, -0.2) is 9.97 Å². The maximum absolute atomic E-state index is 4.75. The molecule has 0 atom stereocenters. The smallest absolute Gasteiger partial charge is 0.0931 e. The maximum Gasteiger partial charge on any atom is 0.0931 e. The summed E-state index contributed by atoms with van der Waals surface area (Å²) in [5.41, 5.74) is 6.30. The number of hydrogen-bond acceptors (Lipinski definition) is 4. The zero-order valence-electron chi connectivity index (χ0n) is 21.5. The van der Waals surface area contributed by atoms with E-state index in [0.717, 1.165) is 43.9 Å². The van der Waals surface area contributed by atoms with E-state index >= 15 is 0 Å². The zero-order chi connectivity index (χ0) is 26.7. The van der Waals surface area contributed by atoms with E-state index in [1.54, 1.807) is 12.7 Å². The summed E-state index contributed by atoms with van der Waals surface area (Å²) >= 11 is 0. The molecule has 40 heavy (non-hydrogen) atoms. The Morgan fingerprint density at radius 3 is 1.62 bits per heavy atom. The lowest BCUT2D eigenvalue weighted by molar-refractivity contribution is 1.34. The minimum atomic E-state index is 1.03. The lowest BCUT2D eigenvalue weighted by Crippen LogP contribution is -1.89. The van der Waals surface area contributed by atoms with E-state index in [-0.39, 0.29) is 0 Å². The van der Waals surface area contributed by atoms with Crippen LogP contribution in [0.4, 0.5) is 0 Å². The summed E-state index contributed by atoms with van der Waals surface area (Å²) in [7, 11) is 0. The molecule has 190 valence electrons. The number of H-pyrrole nitrogens is 2. The number of imidazole rings is 2. The quantitative estimate of drug-likeness (QED) is 0.199.